The molecule has 0 aromatic heterocycles. The van der Waals surface area contributed by atoms with E-state index in [0.717, 1.165) is 11.3 Å². The highest BCUT2D eigenvalue weighted by atomic mass is 16.6. The lowest BCUT2D eigenvalue weighted by molar-refractivity contribution is -0.129. The highest BCUT2D eigenvalue weighted by Gasteiger charge is 2.24. The molecule has 1 heterocycles. The van der Waals surface area contributed by atoms with Crippen molar-refractivity contribution in [1.82, 2.24) is 0 Å². The Morgan fingerprint density at radius 1 is 1.12 bits per heavy atom. The van der Waals surface area contributed by atoms with E-state index in [1.54, 1.807) is 19.3 Å². The molecule has 3 rings (SSSR count). The van der Waals surface area contributed by atoms with Crippen molar-refractivity contribution < 1.29 is 19.0 Å². The van der Waals surface area contributed by atoms with Gasteiger partial charge in [0.2, 0.25) is 5.90 Å². The van der Waals surface area contributed by atoms with Gasteiger partial charge in [-0.2, -0.15) is 0 Å². The van der Waals surface area contributed by atoms with Gasteiger partial charge in [0.25, 0.3) is 0 Å². The molecule has 5 heteroatoms. The van der Waals surface area contributed by atoms with Crippen molar-refractivity contribution in [1.29, 1.82) is 0 Å². The maximum absolute atomic E-state index is 12.0. The van der Waals surface area contributed by atoms with E-state index < -0.39 is 5.97 Å². The average Bonchev–Trinajstić information content (AvgIpc) is 2.98. The summed E-state index contributed by atoms with van der Waals surface area (Å²) in [6.07, 6.45) is 1.69. The average molecular weight is 323 g/mol. The van der Waals surface area contributed by atoms with Crippen LogP contribution in [0.15, 0.2) is 59.2 Å². The third-order valence-corrected chi connectivity index (χ3v) is 3.43. The van der Waals surface area contributed by atoms with Gasteiger partial charge in [-0.15, -0.1) is 0 Å². The SMILES string of the molecule is CCOc1ccc(/C=C2\N=C(c3cccc(OC)c3)OC2=O)cc1. The van der Waals surface area contributed by atoms with Crippen LogP contribution >= 0.6 is 0 Å². The Kier molecular flexibility index (Phi) is 4.61. The van der Waals surface area contributed by atoms with E-state index in [4.69, 9.17) is 14.2 Å². The minimum atomic E-state index is -0.471. The standard InChI is InChI=1S/C19H17NO4/c1-3-23-15-9-7-13(8-10-15)11-17-19(21)24-18(20-17)14-5-4-6-16(12-14)22-2/h4-12H,3H2,1-2H3/b17-11-. The molecule has 0 bridgehead atoms. The minimum absolute atomic E-state index is 0.261. The van der Waals surface area contributed by atoms with Crippen molar-refractivity contribution >= 4 is 17.9 Å². The van der Waals surface area contributed by atoms with Gasteiger partial charge in [-0.1, -0.05) is 18.2 Å². The van der Waals surface area contributed by atoms with Crippen molar-refractivity contribution in [2.75, 3.05) is 13.7 Å². The second kappa shape index (κ2) is 7.00. The van der Waals surface area contributed by atoms with Gasteiger partial charge in [0.1, 0.15) is 11.5 Å². The monoisotopic (exact) mass is 323 g/mol. The lowest BCUT2D eigenvalue weighted by Gasteiger charge is -2.02. The molecule has 122 valence electrons. The van der Waals surface area contributed by atoms with Gasteiger partial charge in [-0.05, 0) is 48.9 Å². The van der Waals surface area contributed by atoms with Gasteiger partial charge in [0.05, 0.1) is 13.7 Å². The predicted octanol–water partition coefficient (Wildman–Crippen LogP) is 3.44. The van der Waals surface area contributed by atoms with E-state index in [0.29, 0.717) is 17.9 Å². The van der Waals surface area contributed by atoms with Gasteiger partial charge in [-0.25, -0.2) is 9.79 Å². The smallest absolute Gasteiger partial charge is 0.363 e. The zero-order valence-corrected chi connectivity index (χ0v) is 13.5. The minimum Gasteiger partial charge on any atom is -0.497 e. The molecule has 0 amide bonds. The Morgan fingerprint density at radius 2 is 1.92 bits per heavy atom. The van der Waals surface area contributed by atoms with Gasteiger partial charge >= 0.3 is 5.97 Å². The number of cyclic esters (lactones) is 1. The van der Waals surface area contributed by atoms with Crippen LogP contribution in [0.2, 0.25) is 0 Å². The quantitative estimate of drug-likeness (QED) is 0.625. The first-order valence-electron chi connectivity index (χ1n) is 7.59. The van der Waals surface area contributed by atoms with Crippen molar-refractivity contribution in [2.45, 2.75) is 6.92 Å². The molecule has 0 saturated heterocycles. The van der Waals surface area contributed by atoms with Gasteiger partial charge < -0.3 is 14.2 Å². The first-order chi connectivity index (χ1) is 11.7. The Bertz CT molecular complexity index is 806. The number of ether oxygens (including phenoxy) is 3. The van der Waals surface area contributed by atoms with Crippen LogP contribution in [0, 0.1) is 0 Å². The fraction of sp³-hybridized carbons (Fsp3) is 0.158. The second-order valence-electron chi connectivity index (χ2n) is 5.07. The summed E-state index contributed by atoms with van der Waals surface area (Å²) in [6.45, 7) is 2.54. The van der Waals surface area contributed by atoms with Crippen LogP contribution in [0.5, 0.6) is 11.5 Å². The van der Waals surface area contributed by atoms with Crippen LogP contribution in [-0.4, -0.2) is 25.6 Å². The maximum atomic E-state index is 12.0. The number of aliphatic imine (C=N–C) groups is 1. The molecule has 0 unspecified atom stereocenters. The number of hydrogen-bond acceptors (Lipinski definition) is 5. The Labute approximate surface area is 140 Å². The molecule has 0 atom stereocenters. The summed E-state index contributed by atoms with van der Waals surface area (Å²) < 4.78 is 15.8. The van der Waals surface area contributed by atoms with Crippen LogP contribution in [0.1, 0.15) is 18.1 Å². The number of esters is 1. The molecule has 24 heavy (non-hydrogen) atoms. The van der Waals surface area contributed by atoms with E-state index in [-0.39, 0.29) is 11.6 Å². The molecular weight excluding hydrogens is 306 g/mol. The van der Waals surface area contributed by atoms with Crippen LogP contribution < -0.4 is 9.47 Å². The summed E-state index contributed by atoms with van der Waals surface area (Å²) >= 11 is 0. The zero-order valence-electron chi connectivity index (χ0n) is 13.5. The Balaban J connectivity index is 1.85. The summed E-state index contributed by atoms with van der Waals surface area (Å²) in [5.74, 6) is 1.27. The number of methoxy groups -OCH3 is 1. The number of hydrogen-bond donors (Lipinski definition) is 0. The summed E-state index contributed by atoms with van der Waals surface area (Å²) in [5.41, 5.74) is 1.80. The first-order valence-corrected chi connectivity index (χ1v) is 7.59. The largest absolute Gasteiger partial charge is 0.497 e. The molecule has 5 nitrogen and oxygen atoms in total. The lowest BCUT2D eigenvalue weighted by atomic mass is 10.2. The predicted molar refractivity (Wildman–Crippen MR) is 91.2 cm³/mol. The fourth-order valence-electron chi connectivity index (χ4n) is 2.27. The van der Waals surface area contributed by atoms with Gasteiger partial charge in [0, 0.05) is 5.56 Å². The van der Waals surface area contributed by atoms with Crippen LogP contribution in [0.25, 0.3) is 6.08 Å². The number of carbonyl (C=O) groups excluding carboxylic acids is 1. The van der Waals surface area contributed by atoms with E-state index >= 15 is 0 Å². The van der Waals surface area contributed by atoms with Crippen molar-refractivity contribution in [3.63, 3.8) is 0 Å². The summed E-state index contributed by atoms with van der Waals surface area (Å²) in [5, 5.41) is 0. The Morgan fingerprint density at radius 3 is 2.62 bits per heavy atom. The van der Waals surface area contributed by atoms with Crippen LogP contribution in [-0.2, 0) is 9.53 Å². The third-order valence-electron chi connectivity index (χ3n) is 3.43. The first kappa shape index (κ1) is 15.8. The highest BCUT2D eigenvalue weighted by Crippen LogP contribution is 2.22. The lowest BCUT2D eigenvalue weighted by Crippen LogP contribution is -2.05. The number of rotatable bonds is 5. The Hall–Kier alpha value is -3.08. The molecule has 2 aromatic rings. The van der Waals surface area contributed by atoms with Crippen molar-refractivity contribution in [3.8, 4) is 11.5 Å². The van der Waals surface area contributed by atoms with E-state index in [2.05, 4.69) is 4.99 Å². The molecule has 0 saturated carbocycles. The highest BCUT2D eigenvalue weighted by molar-refractivity contribution is 6.12. The normalized spacial score (nSPS) is 15.2. The number of benzene rings is 2. The summed E-state index contributed by atoms with van der Waals surface area (Å²) in [7, 11) is 1.58. The van der Waals surface area contributed by atoms with Crippen molar-refractivity contribution in [2.24, 2.45) is 4.99 Å². The fourth-order valence-corrected chi connectivity index (χ4v) is 2.27. The maximum Gasteiger partial charge on any atom is 0.363 e. The molecule has 0 fully saturated rings. The summed E-state index contributed by atoms with van der Waals surface area (Å²) in [4.78, 5) is 16.3. The van der Waals surface area contributed by atoms with Gasteiger partial charge in [0.15, 0.2) is 5.70 Å². The second-order valence-corrected chi connectivity index (χ2v) is 5.07. The van der Waals surface area contributed by atoms with E-state index in [1.165, 1.54) is 0 Å². The molecule has 1 aliphatic heterocycles. The van der Waals surface area contributed by atoms with Crippen molar-refractivity contribution in [3.05, 3.63) is 65.4 Å². The van der Waals surface area contributed by atoms with Crippen LogP contribution in [0.3, 0.4) is 0 Å². The van der Waals surface area contributed by atoms with Crippen LogP contribution in [0.4, 0.5) is 0 Å². The third kappa shape index (κ3) is 3.46. The summed E-state index contributed by atoms with van der Waals surface area (Å²) in [6, 6.07) is 14.6. The molecule has 0 N–H and O–H groups in total. The molecular formula is C19H17NO4. The van der Waals surface area contributed by atoms with Gasteiger partial charge in [-0.3, -0.25) is 0 Å². The van der Waals surface area contributed by atoms with E-state index in [9.17, 15) is 4.79 Å². The number of carbonyl (C=O) groups is 1. The topological polar surface area (TPSA) is 57.1 Å². The molecule has 0 spiro atoms. The molecule has 0 radical (unpaired) electrons. The molecule has 2 aromatic carbocycles. The molecule has 0 aliphatic carbocycles. The molecule has 1 aliphatic rings. The number of nitrogens with zero attached hydrogens (tertiary/aromatic N) is 1. The van der Waals surface area contributed by atoms with E-state index in [1.807, 2.05) is 49.4 Å². The zero-order chi connectivity index (χ0) is 16.9.